The number of H-pyrrole nitrogens is 1. The minimum atomic E-state index is 0.146. The highest BCUT2D eigenvalue weighted by Gasteiger charge is 2.15. The fourth-order valence-corrected chi connectivity index (χ4v) is 5.94. The molecule has 0 saturated heterocycles. The Bertz CT molecular complexity index is 2360. The number of nitrogens with one attached hydrogen (secondary N) is 2. The Balaban J connectivity index is 1.22. The van der Waals surface area contributed by atoms with Gasteiger partial charge in [0.1, 0.15) is 0 Å². The molecule has 42 heavy (non-hydrogen) atoms. The molecular formula is C37H25N5. The van der Waals surface area contributed by atoms with Crippen molar-refractivity contribution in [3.63, 3.8) is 0 Å². The van der Waals surface area contributed by atoms with Crippen molar-refractivity contribution in [2.24, 2.45) is 4.99 Å². The van der Waals surface area contributed by atoms with E-state index in [0.29, 0.717) is 5.62 Å². The third kappa shape index (κ3) is 3.91. The minimum absolute atomic E-state index is 0.146. The zero-order valence-electron chi connectivity index (χ0n) is 22.6. The van der Waals surface area contributed by atoms with Crippen LogP contribution >= 0.6 is 0 Å². The van der Waals surface area contributed by atoms with Crippen molar-refractivity contribution in [2.75, 3.05) is 0 Å². The van der Waals surface area contributed by atoms with E-state index in [0.717, 1.165) is 44.4 Å². The molecule has 2 aromatic heterocycles. The number of aromatic amines is 1. The highest BCUT2D eigenvalue weighted by atomic mass is 15.0. The van der Waals surface area contributed by atoms with Crippen molar-refractivity contribution < 1.29 is 0 Å². The normalized spacial score (nSPS) is 12.0. The maximum atomic E-state index is 8.81. The third-order valence-electron chi connectivity index (χ3n) is 7.87. The van der Waals surface area contributed by atoms with E-state index in [1.807, 2.05) is 66.7 Å². The van der Waals surface area contributed by atoms with Crippen LogP contribution in [0.4, 0.5) is 0 Å². The molecule has 8 rings (SSSR count). The molecule has 0 atom stereocenters. The highest BCUT2D eigenvalue weighted by Crippen LogP contribution is 2.36. The first-order chi connectivity index (χ1) is 20.7. The third-order valence-corrected chi connectivity index (χ3v) is 7.87. The summed E-state index contributed by atoms with van der Waals surface area (Å²) in [7, 11) is 0. The van der Waals surface area contributed by atoms with Gasteiger partial charge in [0, 0.05) is 33.0 Å². The average Bonchev–Trinajstić information content (AvgIpc) is 3.40. The molecule has 0 fully saturated rings. The standard InChI is InChI=1S/C37H25N5/c38-36(41-37-39-31-16-8-6-14-29(31)35(40-37)25-11-2-1-3-12-25)26-18-21-27(22-19-26)42-32-17-9-7-15-30(32)34-28-13-5-4-10-24(28)20-23-33(34)42/h1-23H,(H2,38,39,40,41). The lowest BCUT2D eigenvalue weighted by Crippen LogP contribution is -2.17. The number of benzene rings is 6. The van der Waals surface area contributed by atoms with Gasteiger partial charge in [0.15, 0.2) is 5.84 Å². The molecule has 198 valence electrons. The Hall–Kier alpha value is -5.81. The first kappa shape index (κ1) is 24.0. The van der Waals surface area contributed by atoms with Crippen LogP contribution in [0.2, 0.25) is 0 Å². The molecule has 0 bridgehead atoms. The fourth-order valence-electron chi connectivity index (χ4n) is 5.94. The van der Waals surface area contributed by atoms with E-state index in [9.17, 15) is 0 Å². The number of rotatable bonds is 3. The largest absolute Gasteiger partial charge is 0.323 e. The number of amidine groups is 1. The van der Waals surface area contributed by atoms with E-state index in [1.54, 1.807) is 0 Å². The summed E-state index contributed by atoms with van der Waals surface area (Å²) < 4.78 is 2.30. The van der Waals surface area contributed by atoms with Gasteiger partial charge in [-0.05, 0) is 53.2 Å². The van der Waals surface area contributed by atoms with Gasteiger partial charge in [0.2, 0.25) is 5.62 Å². The summed E-state index contributed by atoms with van der Waals surface area (Å²) in [6, 6.07) is 47.6. The maximum Gasteiger partial charge on any atom is 0.229 e. The maximum absolute atomic E-state index is 8.81. The summed E-state index contributed by atoms with van der Waals surface area (Å²) in [4.78, 5) is 12.7. The lowest BCUT2D eigenvalue weighted by atomic mass is 10.0. The van der Waals surface area contributed by atoms with Gasteiger partial charge in [-0.1, -0.05) is 97.1 Å². The van der Waals surface area contributed by atoms with Gasteiger partial charge >= 0.3 is 0 Å². The first-order valence-corrected chi connectivity index (χ1v) is 13.9. The molecule has 0 aliphatic rings. The van der Waals surface area contributed by atoms with Gasteiger partial charge in [-0.2, -0.15) is 4.99 Å². The van der Waals surface area contributed by atoms with Crippen LogP contribution in [0.15, 0.2) is 145 Å². The quantitative estimate of drug-likeness (QED) is 0.172. The monoisotopic (exact) mass is 539 g/mol. The summed E-state index contributed by atoms with van der Waals surface area (Å²) in [5.74, 6) is 0.146. The predicted molar refractivity (Wildman–Crippen MR) is 172 cm³/mol. The topological polar surface area (TPSA) is 69.8 Å². The van der Waals surface area contributed by atoms with E-state index >= 15 is 0 Å². The van der Waals surface area contributed by atoms with Crippen LogP contribution in [0.1, 0.15) is 5.56 Å². The van der Waals surface area contributed by atoms with E-state index in [-0.39, 0.29) is 5.84 Å². The minimum Gasteiger partial charge on any atom is -0.323 e. The molecule has 6 aromatic carbocycles. The average molecular weight is 540 g/mol. The summed E-state index contributed by atoms with van der Waals surface area (Å²) in [5.41, 5.74) is 7.23. The van der Waals surface area contributed by atoms with E-state index < -0.39 is 0 Å². The predicted octanol–water partition coefficient (Wildman–Crippen LogP) is 8.41. The van der Waals surface area contributed by atoms with Crippen LogP contribution in [0, 0.1) is 5.41 Å². The molecule has 0 aliphatic heterocycles. The number of nitrogens with zero attached hydrogens (tertiary/aromatic N) is 3. The van der Waals surface area contributed by atoms with Gasteiger partial charge in [0.25, 0.3) is 0 Å². The van der Waals surface area contributed by atoms with E-state index in [2.05, 4.69) is 87.3 Å². The molecule has 2 N–H and O–H groups in total. The van der Waals surface area contributed by atoms with Crippen molar-refractivity contribution in [3.8, 4) is 16.9 Å². The van der Waals surface area contributed by atoms with Crippen molar-refractivity contribution in [1.82, 2.24) is 14.5 Å². The first-order valence-electron chi connectivity index (χ1n) is 13.9. The van der Waals surface area contributed by atoms with Crippen LogP contribution in [-0.2, 0) is 0 Å². The second-order valence-electron chi connectivity index (χ2n) is 10.4. The second-order valence-corrected chi connectivity index (χ2v) is 10.4. The fraction of sp³-hybridized carbons (Fsp3) is 0. The number of para-hydroxylation sites is 2. The van der Waals surface area contributed by atoms with Gasteiger partial charge in [-0.15, -0.1) is 0 Å². The lowest BCUT2D eigenvalue weighted by molar-refractivity contribution is 1.05. The molecule has 2 heterocycles. The summed E-state index contributed by atoms with van der Waals surface area (Å²) in [5, 5.41) is 14.8. The van der Waals surface area contributed by atoms with Crippen LogP contribution < -0.4 is 5.62 Å². The molecule has 0 spiro atoms. The molecular weight excluding hydrogens is 514 g/mol. The number of fused-ring (bicyclic) bond motifs is 6. The Kier molecular flexibility index (Phi) is 5.54. The van der Waals surface area contributed by atoms with E-state index in [1.165, 1.54) is 21.5 Å². The molecule has 0 aliphatic carbocycles. The molecule has 0 saturated carbocycles. The van der Waals surface area contributed by atoms with Crippen molar-refractivity contribution >= 4 is 49.3 Å². The summed E-state index contributed by atoms with van der Waals surface area (Å²) in [6.07, 6.45) is 0. The summed E-state index contributed by atoms with van der Waals surface area (Å²) in [6.45, 7) is 0. The lowest BCUT2D eigenvalue weighted by Gasteiger charge is -2.09. The smallest absolute Gasteiger partial charge is 0.229 e. The number of hydrogen-bond donors (Lipinski definition) is 2. The number of hydrogen-bond acceptors (Lipinski definition) is 2. The molecule has 5 heteroatoms. The Morgan fingerprint density at radius 3 is 2.14 bits per heavy atom. The van der Waals surface area contributed by atoms with Gasteiger partial charge in [-0.25, -0.2) is 4.98 Å². The van der Waals surface area contributed by atoms with Crippen LogP contribution in [-0.4, -0.2) is 20.4 Å². The highest BCUT2D eigenvalue weighted by molar-refractivity contribution is 6.21. The molecule has 0 unspecified atom stereocenters. The zero-order valence-corrected chi connectivity index (χ0v) is 22.6. The zero-order chi connectivity index (χ0) is 28.0. The van der Waals surface area contributed by atoms with Crippen molar-refractivity contribution in [3.05, 3.63) is 151 Å². The van der Waals surface area contributed by atoms with Crippen molar-refractivity contribution in [2.45, 2.75) is 0 Å². The second kappa shape index (κ2) is 9.68. The van der Waals surface area contributed by atoms with Crippen LogP contribution in [0.5, 0.6) is 0 Å². The van der Waals surface area contributed by atoms with Crippen molar-refractivity contribution in [1.29, 1.82) is 5.41 Å². The molecule has 0 amide bonds. The molecule has 5 nitrogen and oxygen atoms in total. The molecule has 8 aromatic rings. The Morgan fingerprint density at radius 1 is 0.619 bits per heavy atom. The van der Waals surface area contributed by atoms with Gasteiger partial charge < -0.3 is 9.55 Å². The SMILES string of the molecule is N=C(N=c1nc(-c2ccccc2)c2ccccc2[nH]1)c1ccc(-n2c3ccccc3c3c4ccccc4ccc32)cc1. The van der Waals surface area contributed by atoms with Crippen LogP contribution in [0.3, 0.4) is 0 Å². The van der Waals surface area contributed by atoms with E-state index in [4.69, 9.17) is 10.4 Å². The van der Waals surface area contributed by atoms with Gasteiger partial charge in [0.05, 0.1) is 22.2 Å². The van der Waals surface area contributed by atoms with Crippen LogP contribution in [0.25, 0.3) is 60.4 Å². The Morgan fingerprint density at radius 2 is 1.31 bits per heavy atom. The Labute approximate surface area is 241 Å². The summed E-state index contributed by atoms with van der Waals surface area (Å²) >= 11 is 0. The molecule has 0 radical (unpaired) electrons. The van der Waals surface area contributed by atoms with Gasteiger partial charge in [-0.3, -0.25) is 5.41 Å². The number of aromatic nitrogens is 3.